The lowest BCUT2D eigenvalue weighted by molar-refractivity contribution is 1.27. The molecule has 47 valence electrons. The van der Waals surface area contributed by atoms with E-state index in [4.69, 9.17) is 11.6 Å². The van der Waals surface area contributed by atoms with Gasteiger partial charge in [0.2, 0.25) is 0 Å². The van der Waals surface area contributed by atoms with Crippen LogP contribution in [0.5, 0.6) is 0 Å². The second-order valence-corrected chi connectivity index (χ2v) is 2.32. The minimum absolute atomic E-state index is 0.788. The Hall–Kier alpha value is -0.490. The predicted octanol–water partition coefficient (Wildman–Crippen LogP) is 2.72. The Kier molecular flexibility index (Phi) is 2.12. The minimum atomic E-state index is 0.788. The van der Waals surface area contributed by atoms with Crippen molar-refractivity contribution in [1.82, 2.24) is 0 Å². The maximum atomic E-state index is 5.70. The summed E-state index contributed by atoms with van der Waals surface area (Å²) in [5, 5.41) is 0.788. The topological polar surface area (TPSA) is 0 Å². The fourth-order valence-electron chi connectivity index (χ4n) is 0.692. The van der Waals surface area contributed by atoms with E-state index in [0.717, 1.165) is 11.4 Å². The van der Waals surface area contributed by atoms with Crippen LogP contribution in [0.2, 0.25) is 5.02 Å². The van der Waals surface area contributed by atoms with Crippen LogP contribution in [-0.4, -0.2) is 0 Å². The number of hydrogen-bond donors (Lipinski definition) is 0. The van der Waals surface area contributed by atoms with Gasteiger partial charge in [0, 0.05) is 5.02 Å². The Balaban J connectivity index is 2.94. The van der Waals surface area contributed by atoms with E-state index in [1.54, 1.807) is 0 Å². The van der Waals surface area contributed by atoms with Crippen LogP contribution >= 0.6 is 11.6 Å². The Morgan fingerprint density at radius 2 is 2.22 bits per heavy atom. The molecular weight excluding hydrogens is 132 g/mol. The smallest absolute Gasteiger partial charge is 0.0408 e. The van der Waals surface area contributed by atoms with Gasteiger partial charge in [-0.3, -0.25) is 0 Å². The van der Waals surface area contributed by atoms with Crippen LogP contribution < -0.4 is 0 Å². The second-order valence-electron chi connectivity index (χ2n) is 1.88. The molecule has 0 aliphatic heterocycles. The average molecular weight is 140 g/mol. The molecule has 0 unspecified atom stereocenters. The molecule has 1 aromatic carbocycles. The molecule has 0 N–H and O–H groups in total. The predicted molar refractivity (Wildman–Crippen MR) is 40.5 cm³/mol. The molecule has 0 saturated heterocycles. The summed E-state index contributed by atoms with van der Waals surface area (Å²) in [5.41, 5.74) is 1.18. The molecule has 0 atom stereocenters. The monoisotopic (exact) mass is 139 g/mol. The zero-order valence-electron chi connectivity index (χ0n) is 5.10. The number of halogens is 1. The molecule has 1 rings (SSSR count). The highest BCUT2D eigenvalue weighted by Crippen LogP contribution is 2.10. The normalized spacial score (nSPS) is 9.56. The molecule has 1 radical (unpaired) electrons. The van der Waals surface area contributed by atoms with Gasteiger partial charge in [-0.2, -0.15) is 0 Å². The summed E-state index contributed by atoms with van der Waals surface area (Å²) in [6, 6.07) is 7.73. The van der Waals surface area contributed by atoms with E-state index in [2.05, 4.69) is 6.92 Å². The molecule has 0 spiro atoms. The molecule has 0 aromatic heterocycles. The molecular formula is C8H8Cl. The van der Waals surface area contributed by atoms with Crippen molar-refractivity contribution in [3.63, 3.8) is 0 Å². The molecule has 0 fully saturated rings. The van der Waals surface area contributed by atoms with Gasteiger partial charge in [0.15, 0.2) is 0 Å². The third-order valence-electron chi connectivity index (χ3n) is 1.18. The van der Waals surface area contributed by atoms with Gasteiger partial charge in [-0.1, -0.05) is 23.7 Å². The van der Waals surface area contributed by atoms with Gasteiger partial charge in [-0.05, 0) is 31.0 Å². The van der Waals surface area contributed by atoms with Crippen molar-refractivity contribution in [2.24, 2.45) is 0 Å². The van der Waals surface area contributed by atoms with Crippen LogP contribution in [0.25, 0.3) is 0 Å². The van der Waals surface area contributed by atoms with Gasteiger partial charge in [-0.25, -0.2) is 0 Å². The maximum Gasteiger partial charge on any atom is 0.0408 e. The fraction of sp³-hybridized carbons (Fsp3) is 0.125. The van der Waals surface area contributed by atoms with Gasteiger partial charge in [-0.15, -0.1) is 0 Å². The average Bonchev–Trinajstić information content (AvgIpc) is 1.88. The molecule has 0 aliphatic rings. The molecule has 0 heterocycles. The zero-order valence-corrected chi connectivity index (χ0v) is 5.86. The van der Waals surface area contributed by atoms with Crippen molar-refractivity contribution >= 4 is 11.6 Å². The van der Waals surface area contributed by atoms with Crippen molar-refractivity contribution < 1.29 is 0 Å². The molecule has 1 heteroatoms. The molecule has 0 nitrogen and oxygen atoms in total. The Labute approximate surface area is 60.5 Å². The van der Waals surface area contributed by atoms with Crippen LogP contribution in [0.4, 0.5) is 0 Å². The molecule has 1 aromatic rings. The fourth-order valence-corrected chi connectivity index (χ4v) is 0.905. The van der Waals surface area contributed by atoms with Crippen LogP contribution in [0.3, 0.4) is 0 Å². The van der Waals surface area contributed by atoms with Crippen molar-refractivity contribution in [3.05, 3.63) is 41.8 Å². The van der Waals surface area contributed by atoms with E-state index in [0.29, 0.717) is 0 Å². The van der Waals surface area contributed by atoms with Crippen molar-refractivity contribution in [1.29, 1.82) is 0 Å². The highest BCUT2D eigenvalue weighted by atomic mass is 35.5. The summed E-state index contributed by atoms with van der Waals surface area (Å²) < 4.78 is 0. The number of hydrogen-bond acceptors (Lipinski definition) is 0. The third-order valence-corrected chi connectivity index (χ3v) is 1.41. The molecule has 0 amide bonds. The summed E-state index contributed by atoms with van der Waals surface area (Å²) in [6.45, 7) is 3.74. The van der Waals surface area contributed by atoms with Crippen molar-refractivity contribution in [2.75, 3.05) is 0 Å². The quantitative estimate of drug-likeness (QED) is 0.561. The van der Waals surface area contributed by atoms with Gasteiger partial charge in [0.25, 0.3) is 0 Å². The summed E-state index contributed by atoms with van der Waals surface area (Å²) in [4.78, 5) is 0. The standard InChI is InChI=1S/C8H8Cl/c1-2-7-4-3-5-8(9)6-7/h3-6H,1-2H2. The van der Waals surface area contributed by atoms with Crippen LogP contribution in [-0.2, 0) is 6.42 Å². The number of rotatable bonds is 1. The Bertz CT molecular complexity index is 194. The van der Waals surface area contributed by atoms with E-state index in [1.807, 2.05) is 24.3 Å². The first-order valence-electron chi connectivity index (χ1n) is 2.86. The van der Waals surface area contributed by atoms with Gasteiger partial charge < -0.3 is 0 Å². The summed E-state index contributed by atoms with van der Waals surface area (Å²) >= 11 is 5.70. The molecule has 0 saturated carbocycles. The lowest BCUT2D eigenvalue weighted by atomic mass is 10.2. The summed E-state index contributed by atoms with van der Waals surface area (Å²) in [5.74, 6) is 0. The summed E-state index contributed by atoms with van der Waals surface area (Å²) in [6.07, 6.45) is 0.806. The van der Waals surface area contributed by atoms with Gasteiger partial charge in [0.1, 0.15) is 0 Å². The SMILES string of the molecule is [CH2]Cc1cccc(Cl)c1. The van der Waals surface area contributed by atoms with Crippen LogP contribution in [0.15, 0.2) is 24.3 Å². The first-order valence-corrected chi connectivity index (χ1v) is 3.24. The van der Waals surface area contributed by atoms with E-state index < -0.39 is 0 Å². The first kappa shape index (κ1) is 6.63. The third kappa shape index (κ3) is 1.72. The molecule has 0 bridgehead atoms. The van der Waals surface area contributed by atoms with E-state index >= 15 is 0 Å². The molecule has 9 heavy (non-hydrogen) atoms. The highest BCUT2D eigenvalue weighted by Gasteiger charge is 1.87. The number of benzene rings is 1. The Morgan fingerprint density at radius 3 is 2.67 bits per heavy atom. The molecule has 0 aliphatic carbocycles. The summed E-state index contributed by atoms with van der Waals surface area (Å²) in [7, 11) is 0. The van der Waals surface area contributed by atoms with Crippen molar-refractivity contribution in [2.45, 2.75) is 6.42 Å². The maximum absolute atomic E-state index is 5.70. The largest absolute Gasteiger partial charge is 0.0843 e. The van der Waals surface area contributed by atoms with Gasteiger partial charge in [0.05, 0.1) is 0 Å². The first-order chi connectivity index (χ1) is 4.33. The van der Waals surface area contributed by atoms with Crippen LogP contribution in [0.1, 0.15) is 5.56 Å². The lowest BCUT2D eigenvalue weighted by Gasteiger charge is -1.93. The Morgan fingerprint density at radius 1 is 1.44 bits per heavy atom. The van der Waals surface area contributed by atoms with Gasteiger partial charge >= 0.3 is 0 Å². The van der Waals surface area contributed by atoms with E-state index in [9.17, 15) is 0 Å². The minimum Gasteiger partial charge on any atom is -0.0843 e. The highest BCUT2D eigenvalue weighted by molar-refractivity contribution is 6.30. The lowest BCUT2D eigenvalue weighted by Crippen LogP contribution is -1.76. The second kappa shape index (κ2) is 2.88. The van der Waals surface area contributed by atoms with Crippen molar-refractivity contribution in [3.8, 4) is 0 Å². The van der Waals surface area contributed by atoms with Crippen LogP contribution in [0, 0.1) is 6.92 Å². The van der Waals surface area contributed by atoms with E-state index in [-0.39, 0.29) is 0 Å². The zero-order chi connectivity index (χ0) is 6.69. The van der Waals surface area contributed by atoms with E-state index in [1.165, 1.54) is 5.56 Å².